The van der Waals surface area contributed by atoms with Crippen LogP contribution in [0.3, 0.4) is 0 Å². The van der Waals surface area contributed by atoms with E-state index in [0.717, 1.165) is 64.2 Å². The van der Waals surface area contributed by atoms with Gasteiger partial charge in [0.1, 0.15) is 0 Å². The molecule has 0 heterocycles. The van der Waals surface area contributed by atoms with Gasteiger partial charge < -0.3 is 15.5 Å². The van der Waals surface area contributed by atoms with Crippen molar-refractivity contribution in [1.82, 2.24) is 5.32 Å². The number of carbonyl (C=O) groups excluding carboxylic acids is 1. The van der Waals surface area contributed by atoms with Crippen molar-refractivity contribution in [1.29, 1.82) is 0 Å². The number of aliphatic hydroxyl groups excluding tert-OH is 2. The molecule has 0 aliphatic rings. The highest BCUT2D eigenvalue weighted by Crippen LogP contribution is 2.15. The topological polar surface area (TPSA) is 69.6 Å². The number of hydrogen-bond acceptors (Lipinski definition) is 3. The quantitative estimate of drug-likeness (QED) is 0.0439. The summed E-state index contributed by atoms with van der Waals surface area (Å²) in [6.07, 6.45) is 63.1. The van der Waals surface area contributed by atoms with E-state index in [1.165, 1.54) is 109 Å². The Balaban J connectivity index is 3.45. The minimum atomic E-state index is -0.837. The van der Waals surface area contributed by atoms with Crippen molar-refractivity contribution in [3.8, 4) is 0 Å². The van der Waals surface area contributed by atoms with Crippen molar-refractivity contribution < 1.29 is 15.0 Å². The molecule has 0 fully saturated rings. The molecule has 4 heteroatoms. The first kappa shape index (κ1) is 49.6. The molecule has 52 heavy (non-hydrogen) atoms. The maximum atomic E-state index is 12.2. The Morgan fingerprint density at radius 1 is 0.481 bits per heavy atom. The van der Waals surface area contributed by atoms with E-state index in [0.29, 0.717) is 6.42 Å². The van der Waals surface area contributed by atoms with Crippen molar-refractivity contribution in [2.24, 2.45) is 0 Å². The largest absolute Gasteiger partial charge is 0.394 e. The highest BCUT2D eigenvalue weighted by molar-refractivity contribution is 5.76. The number of allylic oxidation sites excluding steroid dienone is 13. The summed E-state index contributed by atoms with van der Waals surface area (Å²) in [5, 5.41) is 22.6. The normalized spacial score (nSPS) is 13.8. The van der Waals surface area contributed by atoms with E-state index in [-0.39, 0.29) is 12.5 Å². The number of carbonyl (C=O) groups is 1. The average molecular weight is 722 g/mol. The van der Waals surface area contributed by atoms with E-state index in [1.807, 2.05) is 6.08 Å². The van der Waals surface area contributed by atoms with Crippen molar-refractivity contribution in [2.45, 2.75) is 206 Å². The summed E-state index contributed by atoms with van der Waals surface area (Å²) in [5.74, 6) is -0.0747. The Bertz CT molecular complexity index is 957. The molecule has 0 bridgehead atoms. The highest BCUT2D eigenvalue weighted by Gasteiger charge is 2.17. The Morgan fingerprint density at radius 2 is 0.846 bits per heavy atom. The van der Waals surface area contributed by atoms with Gasteiger partial charge in [-0.1, -0.05) is 202 Å². The summed E-state index contributed by atoms with van der Waals surface area (Å²) >= 11 is 0. The first-order valence-corrected chi connectivity index (χ1v) is 21.8. The van der Waals surface area contributed by atoms with Crippen molar-refractivity contribution in [2.75, 3.05) is 6.61 Å². The van der Waals surface area contributed by atoms with Crippen LogP contribution in [0.15, 0.2) is 85.1 Å². The van der Waals surface area contributed by atoms with Gasteiger partial charge in [-0.3, -0.25) is 4.79 Å². The Hall–Kier alpha value is -2.43. The fraction of sp³-hybridized carbons (Fsp3) is 0.688. The molecule has 0 aromatic heterocycles. The third-order valence-electron chi connectivity index (χ3n) is 9.38. The minimum Gasteiger partial charge on any atom is -0.394 e. The lowest BCUT2D eigenvalue weighted by Gasteiger charge is -2.20. The van der Waals surface area contributed by atoms with Crippen LogP contribution in [-0.4, -0.2) is 34.9 Å². The van der Waals surface area contributed by atoms with Gasteiger partial charge in [-0.25, -0.2) is 0 Å². The van der Waals surface area contributed by atoms with Crippen molar-refractivity contribution >= 4 is 5.91 Å². The van der Waals surface area contributed by atoms with Gasteiger partial charge in [0, 0.05) is 6.42 Å². The fourth-order valence-electron chi connectivity index (χ4n) is 6.06. The molecule has 0 aliphatic heterocycles. The molecule has 2 unspecified atom stereocenters. The van der Waals surface area contributed by atoms with Gasteiger partial charge in [0.15, 0.2) is 0 Å². The number of unbranched alkanes of at least 4 members (excludes halogenated alkanes) is 19. The van der Waals surface area contributed by atoms with E-state index in [4.69, 9.17) is 0 Å². The fourth-order valence-corrected chi connectivity index (χ4v) is 6.06. The zero-order valence-corrected chi connectivity index (χ0v) is 34.0. The van der Waals surface area contributed by atoms with E-state index in [1.54, 1.807) is 6.08 Å². The molecule has 298 valence electrons. The van der Waals surface area contributed by atoms with Crippen molar-refractivity contribution in [3.63, 3.8) is 0 Å². The standard InChI is InChI=1S/C48H83NO3/c1-3-5-7-9-10-11-12-13-14-15-16-17-18-19-20-21-22-23-24-25-26-27-28-29-30-31-32-33-34-35-36-37-38-40-42-44-48(52)49-46(45-50)47(51)43-41-39-8-6-4-2/h5,7,10-11,13-14,16-17,19-20,22-23,41,43,46-47,50-51H,3-4,6,8-9,12,15,18,21,24-40,42,44-45H2,1-2H3,(H,49,52)/b7-5-,11-10-,14-13-,17-16-,20-19-,23-22-,43-41+. The second kappa shape index (κ2) is 43.0. The Labute approximate surface area is 322 Å². The lowest BCUT2D eigenvalue weighted by molar-refractivity contribution is -0.123. The van der Waals surface area contributed by atoms with Gasteiger partial charge in [0.25, 0.3) is 0 Å². The summed E-state index contributed by atoms with van der Waals surface area (Å²) < 4.78 is 0. The SMILES string of the molecule is CC/C=C\C/C=C\C/C=C\C/C=C\C/C=C\C/C=C\CCCCCCCCCCCCCCCCCCC(=O)NC(CO)C(O)/C=C/CCCCC. The predicted molar refractivity (Wildman–Crippen MR) is 230 cm³/mol. The molecule has 0 aromatic rings. The van der Waals surface area contributed by atoms with Crippen LogP contribution in [0.2, 0.25) is 0 Å². The molecule has 3 N–H and O–H groups in total. The van der Waals surface area contributed by atoms with Crippen LogP contribution in [-0.2, 0) is 4.79 Å². The van der Waals surface area contributed by atoms with Crippen LogP contribution in [0.4, 0.5) is 0 Å². The van der Waals surface area contributed by atoms with Gasteiger partial charge in [-0.2, -0.15) is 0 Å². The summed E-state index contributed by atoms with van der Waals surface area (Å²) in [6, 6.07) is -0.620. The van der Waals surface area contributed by atoms with E-state index >= 15 is 0 Å². The van der Waals surface area contributed by atoms with E-state index < -0.39 is 12.1 Å². The average Bonchev–Trinajstić information content (AvgIpc) is 3.15. The minimum absolute atomic E-state index is 0.0747. The summed E-state index contributed by atoms with van der Waals surface area (Å²) in [7, 11) is 0. The number of amides is 1. The molecule has 0 saturated heterocycles. The molecular weight excluding hydrogens is 639 g/mol. The summed E-state index contributed by atoms with van der Waals surface area (Å²) in [4.78, 5) is 12.2. The van der Waals surface area contributed by atoms with Crippen LogP contribution in [0.5, 0.6) is 0 Å². The molecular formula is C48H83NO3. The Kier molecular flexibility index (Phi) is 41.0. The third-order valence-corrected chi connectivity index (χ3v) is 9.38. The van der Waals surface area contributed by atoms with Crippen LogP contribution in [0, 0.1) is 0 Å². The molecule has 1 amide bonds. The second-order valence-corrected chi connectivity index (χ2v) is 14.4. The molecule has 0 spiro atoms. The summed E-state index contributed by atoms with van der Waals surface area (Å²) in [5.41, 5.74) is 0. The number of nitrogens with one attached hydrogen (secondary N) is 1. The molecule has 0 radical (unpaired) electrons. The van der Waals surface area contributed by atoms with Crippen molar-refractivity contribution in [3.05, 3.63) is 85.1 Å². The Morgan fingerprint density at radius 3 is 1.27 bits per heavy atom. The van der Waals surface area contributed by atoms with Crippen LogP contribution >= 0.6 is 0 Å². The number of aliphatic hydroxyl groups is 2. The van der Waals surface area contributed by atoms with Crippen LogP contribution < -0.4 is 5.32 Å². The predicted octanol–water partition coefficient (Wildman–Crippen LogP) is 13.7. The zero-order chi connectivity index (χ0) is 37.8. The smallest absolute Gasteiger partial charge is 0.220 e. The zero-order valence-electron chi connectivity index (χ0n) is 34.0. The molecule has 0 saturated carbocycles. The van der Waals surface area contributed by atoms with Gasteiger partial charge in [0.05, 0.1) is 18.8 Å². The molecule has 4 nitrogen and oxygen atoms in total. The first-order chi connectivity index (χ1) is 25.7. The van der Waals surface area contributed by atoms with Crippen LogP contribution in [0.1, 0.15) is 194 Å². The van der Waals surface area contributed by atoms with Crippen LogP contribution in [0.25, 0.3) is 0 Å². The third kappa shape index (κ3) is 38.8. The van der Waals surface area contributed by atoms with Gasteiger partial charge in [-0.15, -0.1) is 0 Å². The lowest BCUT2D eigenvalue weighted by Crippen LogP contribution is -2.45. The van der Waals surface area contributed by atoms with E-state index in [2.05, 4.69) is 92.1 Å². The molecule has 2 atom stereocenters. The highest BCUT2D eigenvalue weighted by atomic mass is 16.3. The molecule has 0 rings (SSSR count). The maximum Gasteiger partial charge on any atom is 0.220 e. The van der Waals surface area contributed by atoms with Gasteiger partial charge in [-0.05, 0) is 70.6 Å². The first-order valence-electron chi connectivity index (χ1n) is 21.8. The maximum absolute atomic E-state index is 12.2. The number of rotatable bonds is 38. The monoisotopic (exact) mass is 722 g/mol. The molecule has 0 aliphatic carbocycles. The molecule has 0 aromatic carbocycles. The van der Waals surface area contributed by atoms with Gasteiger partial charge in [0.2, 0.25) is 5.91 Å². The number of hydrogen-bond donors (Lipinski definition) is 3. The summed E-state index contributed by atoms with van der Waals surface area (Å²) in [6.45, 7) is 4.08. The van der Waals surface area contributed by atoms with Gasteiger partial charge >= 0.3 is 0 Å². The van der Waals surface area contributed by atoms with E-state index in [9.17, 15) is 15.0 Å². The second-order valence-electron chi connectivity index (χ2n) is 14.4. The lowest BCUT2D eigenvalue weighted by atomic mass is 10.0.